The highest BCUT2D eigenvalue weighted by atomic mass is 32.3. The molecule has 5 atom stereocenters. The minimum Gasteiger partial charge on any atom is -0.744 e. The number of aliphatic hydroxyl groups is 1. The molecule has 1 saturated heterocycles. The number of nitrogens with one attached hydrogen (secondary N) is 1. The number of nitrogens with zero attached hydrogens (tertiary/aromatic N) is 1. The number of hydrogen-bond acceptors (Lipinski definition) is 17. The molecule has 730 valence electrons. The van der Waals surface area contributed by atoms with Gasteiger partial charge in [-0.25, -0.2) is 25.3 Å². The van der Waals surface area contributed by atoms with Crippen LogP contribution in [0.25, 0.3) is 40.0 Å². The van der Waals surface area contributed by atoms with Crippen LogP contribution in [0.15, 0.2) is 222 Å². The molecule has 1 amide bonds. The summed E-state index contributed by atoms with van der Waals surface area (Å²) in [6, 6.07) is 65.3. The molecule has 0 saturated carbocycles. The van der Waals surface area contributed by atoms with Crippen LogP contribution in [0.2, 0.25) is 0 Å². The summed E-state index contributed by atoms with van der Waals surface area (Å²) >= 11 is 0. The average molecular weight is 1960 g/mol. The van der Waals surface area contributed by atoms with Gasteiger partial charge in [-0.1, -0.05) is 229 Å². The molecule has 19 nitrogen and oxygen atoms in total. The van der Waals surface area contributed by atoms with Crippen LogP contribution in [0.1, 0.15) is 226 Å². The Morgan fingerprint density at radius 2 is 1.02 bits per heavy atom. The summed E-state index contributed by atoms with van der Waals surface area (Å²) < 4.78 is 238. The number of carbonyl (C=O) groups is 3. The number of hydrogen-bond donors (Lipinski definition) is 3. The number of anilines is 1. The van der Waals surface area contributed by atoms with Gasteiger partial charge in [-0.2, -0.15) is 47.9 Å². The molecule has 3 N–H and O–H groups in total. The summed E-state index contributed by atoms with van der Waals surface area (Å²) in [4.78, 5) is 37.8. The number of benzene rings is 9. The number of aromatic hydroxyl groups is 1. The number of ketones is 1. The van der Waals surface area contributed by atoms with Gasteiger partial charge in [0, 0.05) is 67.0 Å². The summed E-state index contributed by atoms with van der Waals surface area (Å²) in [5, 5.41) is 11.5. The Hall–Kier alpha value is -9.13. The monoisotopic (exact) mass is 1960 g/mol. The van der Waals surface area contributed by atoms with Gasteiger partial charge in [0.1, 0.15) is 50.8 Å². The quantitative estimate of drug-likeness (QED) is 0.00908. The molecule has 1 fully saturated rings. The van der Waals surface area contributed by atoms with Crippen molar-refractivity contribution in [1.29, 1.82) is 0 Å². The van der Waals surface area contributed by atoms with Crippen molar-refractivity contribution in [2.24, 2.45) is 17.3 Å². The number of amides is 1. The molecule has 9 aromatic carbocycles. The minimum absolute atomic E-state index is 0. The second-order valence-corrected chi connectivity index (χ2v) is 40.9. The number of unbranched alkanes of at least 4 members (excludes halogenated alkanes) is 1. The van der Waals surface area contributed by atoms with Crippen LogP contribution in [0.4, 0.5) is 45.2 Å². The Balaban J connectivity index is 0.00000157. The molecule has 0 bridgehead atoms. The Morgan fingerprint density at radius 1 is 0.542 bits per heavy atom. The fourth-order valence-electron chi connectivity index (χ4n) is 12.1. The van der Waals surface area contributed by atoms with Gasteiger partial charge < -0.3 is 37.9 Å². The van der Waals surface area contributed by atoms with E-state index in [2.05, 4.69) is 146 Å². The lowest BCUT2D eigenvalue weighted by Crippen LogP contribution is -2.61. The van der Waals surface area contributed by atoms with E-state index in [1.54, 1.807) is 44.7 Å². The van der Waals surface area contributed by atoms with Crippen LogP contribution in [-0.4, -0.2) is 113 Å². The van der Waals surface area contributed by atoms with Crippen LogP contribution < -0.4 is 14.2 Å². The van der Waals surface area contributed by atoms with Gasteiger partial charge in [-0.15, -0.1) is 0 Å². The number of halogens is 9. The molecule has 1 aromatic heterocycles. The van der Waals surface area contributed by atoms with E-state index in [9.17, 15) is 92.1 Å². The zero-order valence-electron chi connectivity index (χ0n) is 71.3. The molecule has 2 heterocycles. The van der Waals surface area contributed by atoms with Gasteiger partial charge in [0.25, 0.3) is 0 Å². The molecule has 10 aromatic rings. The van der Waals surface area contributed by atoms with E-state index in [0.717, 1.165) is 80.7 Å². The van der Waals surface area contributed by atoms with Crippen molar-refractivity contribution in [3.8, 4) is 22.1 Å². The van der Waals surface area contributed by atoms with E-state index < -0.39 is 85.2 Å². The van der Waals surface area contributed by atoms with Gasteiger partial charge >= 0.3 is 38.0 Å². The van der Waals surface area contributed by atoms with E-state index in [1.165, 1.54) is 96.8 Å². The topological polar surface area (TPSA) is 305 Å². The maximum absolute atomic E-state index is 14.0. The van der Waals surface area contributed by atoms with E-state index >= 15 is 0 Å². The lowest BCUT2D eigenvalue weighted by Gasteiger charge is -2.35. The molecule has 0 aliphatic carbocycles. The first-order valence-electron chi connectivity index (χ1n) is 40.4. The van der Waals surface area contributed by atoms with E-state index in [1.807, 2.05) is 63.2 Å². The molecule has 34 heteroatoms. The van der Waals surface area contributed by atoms with Crippen molar-refractivity contribution in [1.82, 2.24) is 0 Å². The first kappa shape index (κ1) is 122. The normalized spacial score (nSPS) is 13.5. The van der Waals surface area contributed by atoms with Gasteiger partial charge in [-0.3, -0.25) is 14.4 Å². The SMILES string of the molecule is C.C.C.C.C.C.CC(=O)C(C)C(C)C(=O)Nc1ccc(S(=O)(=O)[O-])cc1.CCC(C)c1ccc(O)cc1.CCC(C)c1ccc(OS(=O)(=O)C(F)(F)C(F)(F)C(F)(F)S(=O)(=O)[N-]S(=O)(=O)C(F)(F)F)cc1.CCCC(OC(=O)C(C)(C)CC)c1ccccc1.CCCCOc1ccc([S+]2CCCC2)c2ccccc12.OCCc1ccc(-[s+]2c3ccccc3c3ccccc32)cc1. The Bertz CT molecular complexity index is 5600. The fraction of sp³-hybridized carbons (Fsp3) is 0.433. The predicted octanol–water partition coefficient (Wildman–Crippen LogP) is 27.0. The van der Waals surface area contributed by atoms with Gasteiger partial charge in [-0.05, 0) is 209 Å². The highest BCUT2D eigenvalue weighted by molar-refractivity contribution is 8.13. The molecule has 131 heavy (non-hydrogen) atoms. The van der Waals surface area contributed by atoms with Crippen molar-refractivity contribution < 1.29 is 116 Å². The minimum atomic E-state index is -7.96. The predicted molar refractivity (Wildman–Crippen MR) is 515 cm³/mol. The van der Waals surface area contributed by atoms with Crippen LogP contribution >= 0.6 is 10.5 Å². The van der Waals surface area contributed by atoms with E-state index in [0.29, 0.717) is 56.5 Å². The fourth-order valence-corrected chi connectivity index (χ4v) is 20.6. The lowest BCUT2D eigenvalue weighted by atomic mass is 9.90. The number of thiophene rings is 1. The molecule has 5 unspecified atom stereocenters. The summed E-state index contributed by atoms with van der Waals surface area (Å²) in [6.45, 7) is 23.7. The summed E-state index contributed by atoms with van der Waals surface area (Å²) in [5.74, 6) is -5.51. The number of phenolic OH excluding ortho intramolecular Hbond substituents is 1. The number of ether oxygens (including phenoxy) is 2. The number of carbonyl (C=O) groups excluding carboxylic acids is 3. The number of fused-ring (bicyclic) bond motifs is 4. The summed E-state index contributed by atoms with van der Waals surface area (Å²) in [7, 11) is -26.6. The zero-order valence-corrected chi connectivity index (χ0v) is 76.2. The van der Waals surface area contributed by atoms with Crippen molar-refractivity contribution >= 4 is 116 Å². The van der Waals surface area contributed by atoms with Crippen LogP contribution in [0.5, 0.6) is 17.2 Å². The van der Waals surface area contributed by atoms with E-state index in [4.69, 9.17) is 19.7 Å². The Morgan fingerprint density at radius 3 is 1.47 bits per heavy atom. The molecule has 0 spiro atoms. The lowest BCUT2D eigenvalue weighted by molar-refractivity contribution is -0.245. The van der Waals surface area contributed by atoms with Crippen LogP contribution in [0, 0.1) is 17.3 Å². The number of aliphatic hydroxyl groups excluding tert-OH is 1. The molecule has 0 radical (unpaired) electrons. The van der Waals surface area contributed by atoms with Crippen molar-refractivity contribution in [3.05, 3.63) is 239 Å². The highest BCUT2D eigenvalue weighted by Gasteiger charge is 2.81. The van der Waals surface area contributed by atoms with Gasteiger partial charge in [0.05, 0.1) is 16.9 Å². The zero-order chi connectivity index (χ0) is 93.3. The maximum Gasteiger partial charge on any atom is 0.480 e. The average Bonchev–Trinajstić information content (AvgIpc) is 1.54. The number of sulfonamides is 2. The van der Waals surface area contributed by atoms with Gasteiger partial charge in [0.15, 0.2) is 39.2 Å². The third-order valence-electron chi connectivity index (χ3n) is 20.8. The number of alkyl halides is 9. The number of esters is 1. The highest BCUT2D eigenvalue weighted by Crippen LogP contribution is 2.54. The van der Waals surface area contributed by atoms with Crippen LogP contribution in [-0.2, 0) is 76.7 Å². The molecule has 11 rings (SSSR count). The smallest absolute Gasteiger partial charge is 0.480 e. The molecule has 1 aliphatic heterocycles. The summed E-state index contributed by atoms with van der Waals surface area (Å²) in [6.07, 6.45) is 10.1. The van der Waals surface area contributed by atoms with Gasteiger partial charge in [0.2, 0.25) is 5.91 Å². The molecular formula is C97H131F9N2O17S6. The number of rotatable bonds is 31. The third-order valence-corrected chi connectivity index (χ3v) is 30.9. The maximum atomic E-state index is 14.0. The first-order chi connectivity index (χ1) is 58.5. The van der Waals surface area contributed by atoms with Crippen molar-refractivity contribution in [2.45, 2.75) is 242 Å². The Labute approximate surface area is 776 Å². The standard InChI is InChI=1S/C20H17OS.C18H23OS.C16H24O2.C14H13F9NO7S3.C13H17NO5S.C10H14O.6CH4/c21-14-13-15-9-11-16(12-10-15)22-19-7-3-1-5-17(19)18-6-2-4-8-20(18)22;1-2-3-12-19-17-10-11-18(20-13-6-7-14-20)16-9-5-4-8-15(16)17;1-5-10-14(13-11-8-7-9-12-13)18-15(17)16(3,4)6-2;1-3-8(2)9-4-6-10(7-5-9)31-34(29,30)13(19,20)11(15,16)12(17,18)32(25,26)24-33(27,28)14(21,22)23;1-8(10(3)15)9(2)13(16)14-11-4-6-12(7-5-11)20(17,18)19;1-3-8(2)9-4-6-10(11)7-5-9;;;;;;/h1-12,21H,13-14H2;4-5,8-11H,2-3,6-7,12-14H2,1H3;7-9,11-12,14H,5-6,10H2,1-4H3;4-8H,3H2,1-2H3;4-9H,1-3H3,(H,14,16)(H,17,18,19);4-8,11H,3H2,1-2H3;6*1H4/q2*+1;;-1;;;;;;;;/p-1. The third kappa shape index (κ3) is 32.3. The molecule has 1 aliphatic rings. The second kappa shape index (κ2) is 53.7. The summed E-state index contributed by atoms with van der Waals surface area (Å²) in [5.41, 5.74) is -2.68. The van der Waals surface area contributed by atoms with Crippen molar-refractivity contribution in [2.75, 3.05) is 30.0 Å². The Kier molecular flexibility index (Phi) is 49.9. The molecular weight excluding hydrogens is 1830 g/mol. The number of phenols is 1. The van der Waals surface area contributed by atoms with E-state index in [-0.39, 0.29) is 96.2 Å². The van der Waals surface area contributed by atoms with Crippen LogP contribution in [0.3, 0.4) is 0 Å². The number of Topliss-reactive ketones (excluding diaryl/α,β-unsaturated/α-hetero) is 1. The largest absolute Gasteiger partial charge is 0.744 e. The first-order valence-corrected chi connectivity index (χ1v) is 48.9. The van der Waals surface area contributed by atoms with Crippen molar-refractivity contribution in [3.63, 3.8) is 0 Å². The second-order valence-electron chi connectivity index (χ2n) is 30.2.